The Morgan fingerprint density at radius 1 is 1.50 bits per heavy atom. The number of nitrogens with zero attached hydrogens (tertiary/aromatic N) is 1. The minimum Gasteiger partial charge on any atom is -0.316 e. The third-order valence-corrected chi connectivity index (χ3v) is 2.10. The molecule has 0 bridgehead atoms. The second-order valence-electron chi connectivity index (χ2n) is 3.18. The van der Waals surface area contributed by atoms with Crippen molar-refractivity contribution in [1.29, 1.82) is 0 Å². The lowest BCUT2D eigenvalue weighted by molar-refractivity contribution is 0.922. The van der Waals surface area contributed by atoms with E-state index in [0.29, 0.717) is 0 Å². The van der Waals surface area contributed by atoms with Crippen molar-refractivity contribution < 1.29 is 0 Å². The van der Waals surface area contributed by atoms with Gasteiger partial charge in [-0.15, -0.1) is 0 Å². The van der Waals surface area contributed by atoms with E-state index in [9.17, 15) is 0 Å². The number of rotatable bonds is 3. The summed E-state index contributed by atoms with van der Waals surface area (Å²) in [6.45, 7) is 0.892. The molecule has 0 unspecified atom stereocenters. The molecule has 0 radical (unpaired) electrons. The summed E-state index contributed by atoms with van der Waals surface area (Å²) in [5.41, 5.74) is 2.28. The van der Waals surface area contributed by atoms with E-state index in [1.165, 1.54) is 5.56 Å². The van der Waals surface area contributed by atoms with Crippen LogP contribution in [0.2, 0.25) is 0 Å². The van der Waals surface area contributed by atoms with Crippen molar-refractivity contribution in [1.82, 2.24) is 15.5 Å². The molecule has 2 aromatic rings. The van der Waals surface area contributed by atoms with Crippen LogP contribution in [-0.4, -0.2) is 23.8 Å². The van der Waals surface area contributed by atoms with Crippen LogP contribution in [0.3, 0.4) is 0 Å². The molecule has 0 aliphatic carbocycles. The minimum absolute atomic E-state index is 0.892. The largest absolute Gasteiger partial charge is 0.316 e. The van der Waals surface area contributed by atoms with Crippen LogP contribution < -0.4 is 5.32 Å². The summed E-state index contributed by atoms with van der Waals surface area (Å²) >= 11 is 0. The molecule has 0 aliphatic rings. The van der Waals surface area contributed by atoms with E-state index in [4.69, 9.17) is 0 Å². The molecule has 0 atom stereocenters. The van der Waals surface area contributed by atoms with E-state index in [-0.39, 0.29) is 0 Å². The van der Waals surface area contributed by atoms with Gasteiger partial charge in [0.15, 0.2) is 0 Å². The lowest BCUT2D eigenvalue weighted by Gasteiger charge is -1.93. The SMILES string of the molecule is CNCC=Cc1ccc2[nH]ncc2c1. The number of nitrogens with one attached hydrogen (secondary N) is 2. The summed E-state index contributed by atoms with van der Waals surface area (Å²) in [7, 11) is 1.93. The van der Waals surface area contributed by atoms with Gasteiger partial charge in [0.1, 0.15) is 0 Å². The Bertz CT molecular complexity index is 442. The Balaban J connectivity index is 2.25. The van der Waals surface area contributed by atoms with Gasteiger partial charge in [-0.25, -0.2) is 0 Å². The smallest absolute Gasteiger partial charge is 0.0650 e. The van der Waals surface area contributed by atoms with Gasteiger partial charge in [0.2, 0.25) is 0 Å². The number of fused-ring (bicyclic) bond motifs is 1. The highest BCUT2D eigenvalue weighted by molar-refractivity contribution is 5.80. The fraction of sp³-hybridized carbons (Fsp3) is 0.182. The molecule has 0 saturated heterocycles. The number of aromatic nitrogens is 2. The van der Waals surface area contributed by atoms with E-state index in [0.717, 1.165) is 17.4 Å². The summed E-state index contributed by atoms with van der Waals surface area (Å²) in [6, 6.07) is 6.24. The Kier molecular flexibility index (Phi) is 2.60. The van der Waals surface area contributed by atoms with Gasteiger partial charge in [-0.3, -0.25) is 5.10 Å². The molecular weight excluding hydrogens is 174 g/mol. The van der Waals surface area contributed by atoms with Crippen molar-refractivity contribution in [3.05, 3.63) is 36.0 Å². The quantitative estimate of drug-likeness (QED) is 0.769. The first kappa shape index (κ1) is 8.97. The Labute approximate surface area is 82.8 Å². The Hall–Kier alpha value is -1.61. The van der Waals surface area contributed by atoms with Crippen molar-refractivity contribution in [2.75, 3.05) is 13.6 Å². The molecule has 14 heavy (non-hydrogen) atoms. The van der Waals surface area contributed by atoms with Crippen LogP contribution >= 0.6 is 0 Å². The molecule has 0 amide bonds. The van der Waals surface area contributed by atoms with Gasteiger partial charge in [-0.2, -0.15) is 5.10 Å². The van der Waals surface area contributed by atoms with Crippen LogP contribution in [0.5, 0.6) is 0 Å². The zero-order valence-electron chi connectivity index (χ0n) is 8.12. The standard InChI is InChI=1S/C11H13N3/c1-12-6-2-3-9-4-5-11-10(7-9)8-13-14-11/h2-5,7-8,12H,6H2,1H3,(H,13,14). The van der Waals surface area contributed by atoms with Gasteiger partial charge in [0.05, 0.1) is 11.7 Å². The molecule has 1 aromatic heterocycles. The number of benzene rings is 1. The molecule has 2 N–H and O–H groups in total. The van der Waals surface area contributed by atoms with E-state index >= 15 is 0 Å². The van der Waals surface area contributed by atoms with Gasteiger partial charge >= 0.3 is 0 Å². The Morgan fingerprint density at radius 3 is 3.29 bits per heavy atom. The zero-order valence-corrected chi connectivity index (χ0v) is 8.12. The lowest BCUT2D eigenvalue weighted by Crippen LogP contribution is -2.03. The lowest BCUT2D eigenvalue weighted by atomic mass is 10.1. The van der Waals surface area contributed by atoms with E-state index < -0.39 is 0 Å². The second kappa shape index (κ2) is 4.07. The fourth-order valence-electron chi connectivity index (χ4n) is 1.38. The maximum Gasteiger partial charge on any atom is 0.0650 e. The van der Waals surface area contributed by atoms with Gasteiger partial charge in [-0.05, 0) is 24.7 Å². The molecule has 0 aliphatic heterocycles. The van der Waals surface area contributed by atoms with E-state index in [2.05, 4.69) is 39.8 Å². The fourth-order valence-corrected chi connectivity index (χ4v) is 1.38. The molecule has 72 valence electrons. The maximum absolute atomic E-state index is 3.98. The van der Waals surface area contributed by atoms with Crippen molar-refractivity contribution >= 4 is 17.0 Å². The maximum atomic E-state index is 3.98. The normalized spacial score (nSPS) is 11.5. The first-order valence-corrected chi connectivity index (χ1v) is 4.64. The third kappa shape index (κ3) is 1.83. The van der Waals surface area contributed by atoms with Crippen LogP contribution in [0.4, 0.5) is 0 Å². The van der Waals surface area contributed by atoms with Crippen molar-refractivity contribution in [2.24, 2.45) is 0 Å². The number of aromatic amines is 1. The van der Waals surface area contributed by atoms with Crippen molar-refractivity contribution in [3.8, 4) is 0 Å². The first-order chi connectivity index (χ1) is 6.90. The second-order valence-corrected chi connectivity index (χ2v) is 3.18. The molecule has 1 aromatic carbocycles. The summed E-state index contributed by atoms with van der Waals surface area (Å²) in [6.07, 6.45) is 6.04. The first-order valence-electron chi connectivity index (χ1n) is 4.64. The highest BCUT2D eigenvalue weighted by Gasteiger charge is 1.94. The van der Waals surface area contributed by atoms with Crippen LogP contribution in [-0.2, 0) is 0 Å². The van der Waals surface area contributed by atoms with E-state index in [1.807, 2.05) is 19.3 Å². The molecule has 0 saturated carbocycles. The highest BCUT2D eigenvalue weighted by Crippen LogP contribution is 2.13. The minimum atomic E-state index is 0.892. The van der Waals surface area contributed by atoms with Gasteiger partial charge in [0, 0.05) is 11.9 Å². The molecule has 1 heterocycles. The summed E-state index contributed by atoms with van der Waals surface area (Å²) < 4.78 is 0. The molecule has 3 heteroatoms. The van der Waals surface area contributed by atoms with Crippen LogP contribution in [0, 0.1) is 0 Å². The predicted molar refractivity (Wildman–Crippen MR) is 59.1 cm³/mol. The van der Waals surface area contributed by atoms with Crippen LogP contribution in [0.1, 0.15) is 5.56 Å². The average molecular weight is 187 g/mol. The van der Waals surface area contributed by atoms with Crippen molar-refractivity contribution in [2.45, 2.75) is 0 Å². The number of hydrogen-bond acceptors (Lipinski definition) is 2. The predicted octanol–water partition coefficient (Wildman–Crippen LogP) is 1.80. The van der Waals surface area contributed by atoms with E-state index in [1.54, 1.807) is 0 Å². The molecule has 2 rings (SSSR count). The Morgan fingerprint density at radius 2 is 2.43 bits per heavy atom. The molecule has 3 nitrogen and oxygen atoms in total. The summed E-state index contributed by atoms with van der Waals surface area (Å²) in [5.74, 6) is 0. The number of H-pyrrole nitrogens is 1. The van der Waals surface area contributed by atoms with Gasteiger partial charge in [0.25, 0.3) is 0 Å². The van der Waals surface area contributed by atoms with Crippen LogP contribution in [0.25, 0.3) is 17.0 Å². The van der Waals surface area contributed by atoms with Crippen molar-refractivity contribution in [3.63, 3.8) is 0 Å². The summed E-state index contributed by atoms with van der Waals surface area (Å²) in [5, 5.41) is 11.1. The van der Waals surface area contributed by atoms with Gasteiger partial charge < -0.3 is 5.32 Å². The zero-order chi connectivity index (χ0) is 9.80. The average Bonchev–Trinajstić information content (AvgIpc) is 2.65. The monoisotopic (exact) mass is 187 g/mol. The molecule has 0 spiro atoms. The summed E-state index contributed by atoms with van der Waals surface area (Å²) in [4.78, 5) is 0. The molecule has 0 fully saturated rings. The highest BCUT2D eigenvalue weighted by atomic mass is 15.1. The number of likely N-dealkylation sites (N-methyl/N-ethyl adjacent to an activating group) is 1. The topological polar surface area (TPSA) is 40.7 Å². The third-order valence-electron chi connectivity index (χ3n) is 2.10. The number of hydrogen-bond donors (Lipinski definition) is 2. The van der Waals surface area contributed by atoms with Gasteiger partial charge in [-0.1, -0.05) is 18.2 Å². The van der Waals surface area contributed by atoms with Crippen LogP contribution in [0.15, 0.2) is 30.5 Å². The molecular formula is C11H13N3.